The monoisotopic (exact) mass is 332 g/mol. The number of fused-ring (bicyclic) bond motifs is 1. The Balaban J connectivity index is 1.66. The number of hydrogen-bond acceptors (Lipinski definition) is 2. The zero-order valence-electron chi connectivity index (χ0n) is 14.0. The van der Waals surface area contributed by atoms with Crippen LogP contribution in [0.2, 0.25) is 0 Å². The lowest BCUT2D eigenvalue weighted by Crippen LogP contribution is -2.42. The molecule has 0 saturated carbocycles. The second-order valence-corrected chi connectivity index (χ2v) is 6.68. The normalized spacial score (nSPS) is 16.6. The summed E-state index contributed by atoms with van der Waals surface area (Å²) < 4.78 is 13.2. The van der Waals surface area contributed by atoms with E-state index in [0.29, 0.717) is 0 Å². The van der Waals surface area contributed by atoms with Gasteiger partial charge in [-0.2, -0.15) is 0 Å². The number of halogens is 1. The van der Waals surface area contributed by atoms with Gasteiger partial charge in [-0.05, 0) is 52.9 Å². The third-order valence-corrected chi connectivity index (χ3v) is 4.75. The zero-order valence-corrected chi connectivity index (χ0v) is 14.0. The van der Waals surface area contributed by atoms with Crippen molar-refractivity contribution in [2.75, 3.05) is 11.4 Å². The summed E-state index contributed by atoms with van der Waals surface area (Å²) >= 11 is 0. The van der Waals surface area contributed by atoms with Crippen LogP contribution in [0.15, 0.2) is 72.8 Å². The van der Waals surface area contributed by atoms with Crippen LogP contribution in [0.5, 0.6) is 0 Å². The fourth-order valence-corrected chi connectivity index (χ4v) is 3.56. The molecule has 1 aliphatic rings. The largest absolute Gasteiger partial charge is 0.365 e. The molecule has 25 heavy (non-hydrogen) atoms. The van der Waals surface area contributed by atoms with Crippen molar-refractivity contribution in [3.8, 4) is 11.1 Å². The highest BCUT2D eigenvalue weighted by Gasteiger charge is 2.22. The van der Waals surface area contributed by atoms with E-state index in [1.54, 1.807) is 0 Å². The fourth-order valence-electron chi connectivity index (χ4n) is 3.56. The van der Waals surface area contributed by atoms with Crippen LogP contribution in [0.4, 0.5) is 10.1 Å². The van der Waals surface area contributed by atoms with Gasteiger partial charge in [0.15, 0.2) is 0 Å². The molecule has 1 aliphatic heterocycles. The highest BCUT2D eigenvalue weighted by Crippen LogP contribution is 2.32. The molecule has 3 heteroatoms. The summed E-state index contributed by atoms with van der Waals surface area (Å²) in [6.07, 6.45) is 0.871. The smallest absolute Gasteiger partial charge is 0.123 e. The molecule has 0 amide bonds. The Kier molecular flexibility index (Phi) is 4.24. The van der Waals surface area contributed by atoms with Crippen molar-refractivity contribution in [3.63, 3.8) is 0 Å². The Morgan fingerprint density at radius 1 is 0.920 bits per heavy atom. The molecule has 2 N–H and O–H groups in total. The van der Waals surface area contributed by atoms with Gasteiger partial charge in [0.25, 0.3) is 0 Å². The van der Waals surface area contributed by atoms with E-state index in [9.17, 15) is 4.39 Å². The minimum atomic E-state index is -0.210. The van der Waals surface area contributed by atoms with Gasteiger partial charge in [-0.1, -0.05) is 48.5 Å². The molecule has 3 aromatic carbocycles. The maximum absolute atomic E-state index is 13.2. The van der Waals surface area contributed by atoms with E-state index in [1.165, 1.54) is 28.9 Å². The van der Waals surface area contributed by atoms with Crippen LogP contribution in [0.25, 0.3) is 11.1 Å². The second kappa shape index (κ2) is 6.69. The molecule has 0 radical (unpaired) electrons. The standard InChI is InChI=1S/C22H21FN2/c23-20-9-6-17(7-10-20)18-8-11-22-19(12-18)13-21(24)15-25(22)14-16-4-2-1-3-5-16/h1-12,21H,13-15,24H2. The van der Waals surface area contributed by atoms with Gasteiger partial charge in [0, 0.05) is 24.8 Å². The van der Waals surface area contributed by atoms with Crippen molar-refractivity contribution in [2.24, 2.45) is 5.73 Å². The van der Waals surface area contributed by atoms with E-state index in [0.717, 1.165) is 30.6 Å². The first kappa shape index (κ1) is 15.9. The molecule has 1 heterocycles. The Hall–Kier alpha value is -2.65. The highest BCUT2D eigenvalue weighted by molar-refractivity contribution is 5.70. The molecule has 0 aliphatic carbocycles. The summed E-state index contributed by atoms with van der Waals surface area (Å²) in [6.45, 7) is 1.72. The molecular weight excluding hydrogens is 311 g/mol. The number of rotatable bonds is 3. The summed E-state index contributed by atoms with van der Waals surface area (Å²) in [5.74, 6) is -0.210. The number of nitrogens with two attached hydrogens (primary N) is 1. The van der Waals surface area contributed by atoms with Crippen LogP contribution < -0.4 is 10.6 Å². The van der Waals surface area contributed by atoms with E-state index in [2.05, 4.69) is 47.4 Å². The van der Waals surface area contributed by atoms with Crippen LogP contribution in [0.1, 0.15) is 11.1 Å². The summed E-state index contributed by atoms with van der Waals surface area (Å²) in [4.78, 5) is 2.35. The number of hydrogen-bond donors (Lipinski definition) is 1. The molecule has 0 fully saturated rings. The first-order valence-corrected chi connectivity index (χ1v) is 8.62. The van der Waals surface area contributed by atoms with E-state index < -0.39 is 0 Å². The number of nitrogens with zero attached hydrogens (tertiary/aromatic N) is 1. The molecule has 126 valence electrons. The van der Waals surface area contributed by atoms with Crippen molar-refractivity contribution in [1.29, 1.82) is 0 Å². The van der Waals surface area contributed by atoms with E-state index in [-0.39, 0.29) is 11.9 Å². The Bertz CT molecular complexity index is 859. The van der Waals surface area contributed by atoms with Gasteiger partial charge in [0.1, 0.15) is 5.82 Å². The molecule has 1 atom stereocenters. The van der Waals surface area contributed by atoms with E-state index in [1.807, 2.05) is 18.2 Å². The summed E-state index contributed by atoms with van der Waals surface area (Å²) in [5, 5.41) is 0. The van der Waals surface area contributed by atoms with Crippen LogP contribution >= 0.6 is 0 Å². The topological polar surface area (TPSA) is 29.3 Å². The SMILES string of the molecule is NC1Cc2cc(-c3ccc(F)cc3)ccc2N(Cc2ccccc2)C1. The lowest BCUT2D eigenvalue weighted by molar-refractivity contribution is 0.599. The Labute approximate surface area is 147 Å². The minimum absolute atomic E-state index is 0.125. The number of benzene rings is 3. The molecule has 4 rings (SSSR count). The van der Waals surface area contributed by atoms with E-state index in [4.69, 9.17) is 5.73 Å². The Morgan fingerprint density at radius 3 is 2.40 bits per heavy atom. The maximum atomic E-state index is 13.2. The molecule has 0 aromatic heterocycles. The summed E-state index contributed by atoms with van der Waals surface area (Å²) in [5.41, 5.74) is 12.2. The van der Waals surface area contributed by atoms with Gasteiger partial charge in [-0.15, -0.1) is 0 Å². The molecule has 0 saturated heterocycles. The molecule has 0 bridgehead atoms. The van der Waals surface area contributed by atoms with Crippen LogP contribution in [0, 0.1) is 5.82 Å². The molecule has 0 spiro atoms. The quantitative estimate of drug-likeness (QED) is 0.771. The molecular formula is C22H21FN2. The van der Waals surface area contributed by atoms with Gasteiger partial charge in [0.05, 0.1) is 0 Å². The molecule has 1 unspecified atom stereocenters. The average molecular weight is 332 g/mol. The van der Waals surface area contributed by atoms with Crippen molar-refractivity contribution >= 4 is 5.69 Å². The predicted molar refractivity (Wildman–Crippen MR) is 101 cm³/mol. The van der Waals surface area contributed by atoms with Crippen molar-refractivity contribution in [1.82, 2.24) is 0 Å². The molecule has 3 aromatic rings. The van der Waals surface area contributed by atoms with Crippen molar-refractivity contribution < 1.29 is 4.39 Å². The van der Waals surface area contributed by atoms with Gasteiger partial charge < -0.3 is 10.6 Å². The highest BCUT2D eigenvalue weighted by atomic mass is 19.1. The van der Waals surface area contributed by atoms with Gasteiger partial charge in [-0.3, -0.25) is 0 Å². The van der Waals surface area contributed by atoms with Crippen LogP contribution in [-0.4, -0.2) is 12.6 Å². The fraction of sp³-hybridized carbons (Fsp3) is 0.182. The zero-order chi connectivity index (χ0) is 17.2. The second-order valence-electron chi connectivity index (χ2n) is 6.68. The Morgan fingerprint density at radius 2 is 1.64 bits per heavy atom. The van der Waals surface area contributed by atoms with Gasteiger partial charge in [0.2, 0.25) is 0 Å². The van der Waals surface area contributed by atoms with E-state index >= 15 is 0 Å². The third-order valence-electron chi connectivity index (χ3n) is 4.75. The average Bonchev–Trinajstić information content (AvgIpc) is 2.62. The molecule has 2 nitrogen and oxygen atoms in total. The minimum Gasteiger partial charge on any atom is -0.365 e. The predicted octanol–water partition coefficient (Wildman–Crippen LogP) is 4.38. The summed E-state index contributed by atoms with van der Waals surface area (Å²) in [7, 11) is 0. The lowest BCUT2D eigenvalue weighted by Gasteiger charge is -2.35. The first-order chi connectivity index (χ1) is 12.2. The van der Waals surface area contributed by atoms with Crippen molar-refractivity contribution in [2.45, 2.75) is 19.0 Å². The first-order valence-electron chi connectivity index (χ1n) is 8.62. The van der Waals surface area contributed by atoms with Crippen LogP contribution in [-0.2, 0) is 13.0 Å². The lowest BCUT2D eigenvalue weighted by atomic mass is 9.94. The maximum Gasteiger partial charge on any atom is 0.123 e. The third kappa shape index (κ3) is 3.42. The van der Waals surface area contributed by atoms with Crippen LogP contribution in [0.3, 0.4) is 0 Å². The number of anilines is 1. The summed E-state index contributed by atoms with van der Waals surface area (Å²) in [6, 6.07) is 23.7. The van der Waals surface area contributed by atoms with Gasteiger partial charge >= 0.3 is 0 Å². The van der Waals surface area contributed by atoms with Gasteiger partial charge in [-0.25, -0.2) is 4.39 Å². The van der Waals surface area contributed by atoms with Crippen molar-refractivity contribution in [3.05, 3.63) is 89.7 Å².